The Labute approximate surface area is 192 Å². The van der Waals surface area contributed by atoms with E-state index in [9.17, 15) is 26.4 Å². The molecule has 0 spiro atoms. The van der Waals surface area contributed by atoms with Crippen LogP contribution in [0.15, 0.2) is 53.7 Å². The molecule has 0 atom stereocenters. The van der Waals surface area contributed by atoms with E-state index in [1.165, 1.54) is 47.4 Å². The van der Waals surface area contributed by atoms with Crippen molar-refractivity contribution >= 4 is 21.6 Å². The molecule has 13 heteroatoms. The minimum atomic E-state index is -4.29. The minimum Gasteiger partial charge on any atom is -0.346 e. The molecule has 3 aromatic rings. The molecular formula is C21H19F3N6O3S. The van der Waals surface area contributed by atoms with Crippen molar-refractivity contribution in [3.05, 3.63) is 59.9 Å². The molecule has 2 aromatic carbocycles. The molecule has 178 valence electrons. The van der Waals surface area contributed by atoms with E-state index in [2.05, 4.69) is 25.6 Å². The zero-order chi connectivity index (χ0) is 24.4. The summed E-state index contributed by atoms with van der Waals surface area (Å²) < 4.78 is 69.1. The standard InChI is InChI=1S/C21H19F3N6O3S/c1-13-2-7-16(18(31)26-20-9-19(10-20,11-20)21(22,23)24)17(8-13)27-34(32,33)15-5-3-14(4-6-15)30-12-25-28-29-30/h2-8,12,27H,9-11H2,1H3,(H,26,31). The van der Waals surface area contributed by atoms with Gasteiger partial charge in [0.15, 0.2) is 0 Å². The van der Waals surface area contributed by atoms with Crippen molar-refractivity contribution in [2.75, 3.05) is 4.72 Å². The van der Waals surface area contributed by atoms with Gasteiger partial charge in [-0.05, 0) is 78.6 Å². The van der Waals surface area contributed by atoms with Gasteiger partial charge in [0.25, 0.3) is 15.9 Å². The normalized spacial score (nSPS) is 23.5. The van der Waals surface area contributed by atoms with Crippen LogP contribution in [0.3, 0.4) is 0 Å². The Balaban J connectivity index is 1.34. The van der Waals surface area contributed by atoms with Gasteiger partial charge in [0, 0.05) is 5.54 Å². The molecule has 3 saturated carbocycles. The van der Waals surface area contributed by atoms with Gasteiger partial charge >= 0.3 is 6.18 Å². The Morgan fingerprint density at radius 2 is 1.76 bits per heavy atom. The number of amides is 1. The smallest absolute Gasteiger partial charge is 0.346 e. The van der Waals surface area contributed by atoms with Gasteiger partial charge in [-0.3, -0.25) is 9.52 Å². The highest BCUT2D eigenvalue weighted by Gasteiger charge is 2.79. The molecule has 6 rings (SSSR count). The zero-order valence-corrected chi connectivity index (χ0v) is 18.6. The second kappa shape index (κ2) is 7.26. The maximum Gasteiger partial charge on any atom is 0.394 e. The summed E-state index contributed by atoms with van der Waals surface area (Å²) in [5, 5.41) is 13.5. The van der Waals surface area contributed by atoms with E-state index < -0.39 is 33.1 Å². The van der Waals surface area contributed by atoms with Gasteiger partial charge in [0.1, 0.15) is 6.33 Å². The molecule has 2 bridgehead atoms. The lowest BCUT2D eigenvalue weighted by atomic mass is 9.39. The number of alkyl halides is 3. The fraction of sp³-hybridized carbons (Fsp3) is 0.333. The number of tetrazole rings is 1. The van der Waals surface area contributed by atoms with Gasteiger partial charge in [-0.1, -0.05) is 6.07 Å². The minimum absolute atomic E-state index is 0.0327. The molecule has 1 aromatic heterocycles. The molecule has 9 nitrogen and oxygen atoms in total. The lowest BCUT2D eigenvalue weighted by molar-refractivity contribution is -0.336. The number of rotatable bonds is 6. The number of benzene rings is 2. The third-order valence-electron chi connectivity index (χ3n) is 6.43. The quantitative estimate of drug-likeness (QED) is 0.546. The van der Waals surface area contributed by atoms with Crippen LogP contribution in [0.5, 0.6) is 0 Å². The molecule has 0 saturated heterocycles. The van der Waals surface area contributed by atoms with Crippen LogP contribution >= 0.6 is 0 Å². The number of carbonyl (C=O) groups is 1. The highest BCUT2D eigenvalue weighted by molar-refractivity contribution is 7.92. The van der Waals surface area contributed by atoms with Crippen LogP contribution in [0.4, 0.5) is 18.9 Å². The SMILES string of the molecule is Cc1ccc(C(=O)NC23CC(C(F)(F)F)(C2)C3)c(NS(=O)(=O)c2ccc(-n3cnnn3)cc2)c1. The highest BCUT2D eigenvalue weighted by Crippen LogP contribution is 2.73. The number of halogens is 3. The number of nitrogens with one attached hydrogen (secondary N) is 2. The molecular weight excluding hydrogens is 473 g/mol. The summed E-state index contributed by atoms with van der Waals surface area (Å²) in [6, 6.07) is 10.4. The average molecular weight is 492 g/mol. The molecule has 3 aliphatic rings. The van der Waals surface area contributed by atoms with Crippen LogP contribution in [0.25, 0.3) is 5.69 Å². The van der Waals surface area contributed by atoms with Crippen LogP contribution in [0.1, 0.15) is 35.2 Å². The summed E-state index contributed by atoms with van der Waals surface area (Å²) in [7, 11) is -4.07. The molecule has 0 aliphatic heterocycles. The maximum absolute atomic E-state index is 13.1. The molecule has 2 N–H and O–H groups in total. The zero-order valence-electron chi connectivity index (χ0n) is 17.8. The number of hydrogen-bond acceptors (Lipinski definition) is 6. The van der Waals surface area contributed by atoms with E-state index in [-0.39, 0.29) is 35.4 Å². The number of carbonyl (C=O) groups excluding carboxylic acids is 1. The number of anilines is 1. The van der Waals surface area contributed by atoms with Gasteiger partial charge in [-0.2, -0.15) is 13.2 Å². The van der Waals surface area contributed by atoms with Crippen molar-refractivity contribution < 1.29 is 26.4 Å². The highest BCUT2D eigenvalue weighted by atomic mass is 32.2. The first-order chi connectivity index (χ1) is 15.9. The third-order valence-corrected chi connectivity index (χ3v) is 7.82. The molecule has 0 radical (unpaired) electrons. The summed E-state index contributed by atoms with van der Waals surface area (Å²) in [6.45, 7) is 1.73. The van der Waals surface area contributed by atoms with Gasteiger partial charge < -0.3 is 5.32 Å². The number of sulfonamides is 1. The van der Waals surface area contributed by atoms with E-state index in [1.54, 1.807) is 13.0 Å². The summed E-state index contributed by atoms with van der Waals surface area (Å²) in [5.41, 5.74) is -1.27. The van der Waals surface area contributed by atoms with Gasteiger partial charge in [0.05, 0.1) is 27.2 Å². The van der Waals surface area contributed by atoms with Crippen molar-refractivity contribution in [2.24, 2.45) is 5.41 Å². The number of aryl methyl sites for hydroxylation is 1. The van der Waals surface area contributed by atoms with E-state index in [4.69, 9.17) is 0 Å². The summed E-state index contributed by atoms with van der Waals surface area (Å²) in [4.78, 5) is 12.9. The third kappa shape index (κ3) is 3.59. The van der Waals surface area contributed by atoms with Crippen molar-refractivity contribution in [1.29, 1.82) is 0 Å². The molecule has 0 unspecified atom stereocenters. The lowest BCUT2D eigenvalue weighted by Crippen LogP contribution is -2.78. The van der Waals surface area contributed by atoms with E-state index in [0.717, 1.165) is 0 Å². The number of hydrogen-bond donors (Lipinski definition) is 2. The van der Waals surface area contributed by atoms with Crippen LogP contribution in [0.2, 0.25) is 0 Å². The lowest BCUT2D eigenvalue weighted by Gasteiger charge is -2.70. The predicted molar refractivity (Wildman–Crippen MR) is 114 cm³/mol. The van der Waals surface area contributed by atoms with Crippen LogP contribution in [0, 0.1) is 12.3 Å². The van der Waals surface area contributed by atoms with E-state index in [1.807, 2.05) is 0 Å². The summed E-state index contributed by atoms with van der Waals surface area (Å²) >= 11 is 0. The Kier molecular flexibility index (Phi) is 4.76. The van der Waals surface area contributed by atoms with Crippen LogP contribution < -0.4 is 10.0 Å². The predicted octanol–water partition coefficient (Wildman–Crippen LogP) is 2.99. The molecule has 34 heavy (non-hydrogen) atoms. The Hall–Kier alpha value is -3.48. The first-order valence-corrected chi connectivity index (χ1v) is 11.8. The second-order valence-electron chi connectivity index (χ2n) is 8.95. The largest absolute Gasteiger partial charge is 0.394 e. The first-order valence-electron chi connectivity index (χ1n) is 10.3. The topological polar surface area (TPSA) is 119 Å². The molecule has 1 heterocycles. The van der Waals surface area contributed by atoms with E-state index in [0.29, 0.717) is 11.3 Å². The number of nitrogens with zero attached hydrogens (tertiary/aromatic N) is 4. The monoisotopic (exact) mass is 492 g/mol. The fourth-order valence-electron chi connectivity index (χ4n) is 4.73. The van der Waals surface area contributed by atoms with Gasteiger partial charge in [0.2, 0.25) is 0 Å². The van der Waals surface area contributed by atoms with Crippen molar-refractivity contribution in [3.8, 4) is 5.69 Å². The summed E-state index contributed by atoms with van der Waals surface area (Å²) in [5.74, 6) is -0.623. The fourth-order valence-corrected chi connectivity index (χ4v) is 5.80. The van der Waals surface area contributed by atoms with Gasteiger partial charge in [-0.25, -0.2) is 13.1 Å². The molecule has 3 aliphatic carbocycles. The maximum atomic E-state index is 13.1. The van der Waals surface area contributed by atoms with Crippen molar-refractivity contribution in [2.45, 2.75) is 42.8 Å². The average Bonchev–Trinajstić information content (AvgIpc) is 3.23. The summed E-state index contributed by atoms with van der Waals surface area (Å²) in [6.07, 6.45) is -3.40. The van der Waals surface area contributed by atoms with Crippen molar-refractivity contribution in [3.63, 3.8) is 0 Å². The van der Waals surface area contributed by atoms with Crippen LogP contribution in [-0.4, -0.2) is 46.2 Å². The molecule has 3 fully saturated rings. The Morgan fingerprint density at radius 1 is 1.09 bits per heavy atom. The van der Waals surface area contributed by atoms with Crippen molar-refractivity contribution in [1.82, 2.24) is 25.5 Å². The number of aromatic nitrogens is 4. The van der Waals surface area contributed by atoms with Crippen LogP contribution in [-0.2, 0) is 10.0 Å². The first kappa shape index (κ1) is 22.3. The second-order valence-corrected chi connectivity index (χ2v) is 10.6. The Bertz CT molecular complexity index is 1350. The molecule has 1 amide bonds. The van der Waals surface area contributed by atoms with E-state index >= 15 is 0 Å². The van der Waals surface area contributed by atoms with Gasteiger partial charge in [-0.15, -0.1) is 5.10 Å². The Morgan fingerprint density at radius 3 is 2.35 bits per heavy atom.